The number of carbonyl (C=O) groups is 1. The van der Waals surface area contributed by atoms with E-state index in [1.54, 1.807) is 19.1 Å². The highest BCUT2D eigenvalue weighted by Crippen LogP contribution is 2.43. The van der Waals surface area contributed by atoms with Crippen molar-refractivity contribution in [2.45, 2.75) is 38.6 Å². The average molecular weight is 278 g/mol. The molecule has 6 heteroatoms. The molecule has 0 saturated heterocycles. The van der Waals surface area contributed by atoms with Crippen LogP contribution in [0.4, 0.5) is 11.4 Å². The van der Waals surface area contributed by atoms with Gasteiger partial charge in [-0.1, -0.05) is 13.8 Å². The molecule has 0 fully saturated rings. The van der Waals surface area contributed by atoms with Gasteiger partial charge in [0.2, 0.25) is 0 Å². The molecule has 1 atom stereocenters. The maximum absolute atomic E-state index is 11.6. The first-order chi connectivity index (χ1) is 9.36. The Balaban J connectivity index is 2.27. The number of hydrogen-bond donors (Lipinski definition) is 1. The molecule has 1 heterocycles. The number of rotatable bonds is 4. The summed E-state index contributed by atoms with van der Waals surface area (Å²) < 4.78 is 4.97. The van der Waals surface area contributed by atoms with E-state index >= 15 is 0 Å². The molecule has 1 aliphatic rings. The SMILES string of the molecule is CCOC(=O)CC1Nc2ccc([N+](=O)[O-])cc2C1(C)C. The lowest BCUT2D eigenvalue weighted by atomic mass is 9.79. The number of anilines is 1. The van der Waals surface area contributed by atoms with Gasteiger partial charge in [-0.25, -0.2) is 0 Å². The van der Waals surface area contributed by atoms with Gasteiger partial charge in [0.25, 0.3) is 5.69 Å². The Labute approximate surface area is 117 Å². The zero-order valence-corrected chi connectivity index (χ0v) is 11.8. The van der Waals surface area contributed by atoms with Crippen LogP contribution in [0.5, 0.6) is 0 Å². The quantitative estimate of drug-likeness (QED) is 0.520. The largest absolute Gasteiger partial charge is 0.466 e. The topological polar surface area (TPSA) is 81.5 Å². The molecule has 0 spiro atoms. The summed E-state index contributed by atoms with van der Waals surface area (Å²) in [7, 11) is 0. The molecule has 0 aliphatic carbocycles. The molecular weight excluding hydrogens is 260 g/mol. The summed E-state index contributed by atoms with van der Waals surface area (Å²) in [5.41, 5.74) is 1.40. The van der Waals surface area contributed by atoms with Crippen LogP contribution in [0.15, 0.2) is 18.2 Å². The number of ether oxygens (including phenoxy) is 1. The van der Waals surface area contributed by atoms with Crippen molar-refractivity contribution in [3.05, 3.63) is 33.9 Å². The van der Waals surface area contributed by atoms with Crippen LogP contribution in [0.3, 0.4) is 0 Å². The summed E-state index contributed by atoms with van der Waals surface area (Å²) in [6.07, 6.45) is 0.239. The molecule has 0 saturated carbocycles. The van der Waals surface area contributed by atoms with Gasteiger partial charge in [0.1, 0.15) is 0 Å². The molecule has 0 amide bonds. The maximum atomic E-state index is 11.6. The van der Waals surface area contributed by atoms with Gasteiger partial charge in [0.15, 0.2) is 0 Å². The third-order valence-electron chi connectivity index (χ3n) is 3.79. The highest BCUT2D eigenvalue weighted by molar-refractivity contribution is 5.74. The number of hydrogen-bond acceptors (Lipinski definition) is 5. The number of nitro benzene ring substituents is 1. The van der Waals surface area contributed by atoms with E-state index in [9.17, 15) is 14.9 Å². The van der Waals surface area contributed by atoms with Crippen molar-refractivity contribution in [2.24, 2.45) is 0 Å². The Kier molecular flexibility index (Phi) is 3.65. The molecule has 0 bridgehead atoms. The van der Waals surface area contributed by atoms with Gasteiger partial charge in [0.05, 0.1) is 18.0 Å². The molecule has 6 nitrogen and oxygen atoms in total. The molecule has 2 rings (SSSR count). The van der Waals surface area contributed by atoms with E-state index in [4.69, 9.17) is 4.74 Å². The lowest BCUT2D eigenvalue weighted by molar-refractivity contribution is -0.384. The lowest BCUT2D eigenvalue weighted by Crippen LogP contribution is -2.35. The highest BCUT2D eigenvalue weighted by atomic mass is 16.6. The van der Waals surface area contributed by atoms with Crippen LogP contribution in [-0.4, -0.2) is 23.5 Å². The van der Waals surface area contributed by atoms with E-state index < -0.39 is 4.92 Å². The van der Waals surface area contributed by atoms with Crippen molar-refractivity contribution >= 4 is 17.3 Å². The average Bonchev–Trinajstić information content (AvgIpc) is 2.61. The predicted octanol–water partition coefficient (Wildman–Crippen LogP) is 2.62. The minimum absolute atomic E-state index is 0.0652. The summed E-state index contributed by atoms with van der Waals surface area (Å²) in [6, 6.07) is 4.61. The summed E-state index contributed by atoms with van der Waals surface area (Å²) in [4.78, 5) is 22.1. The number of esters is 1. The lowest BCUT2D eigenvalue weighted by Gasteiger charge is -2.26. The third kappa shape index (κ3) is 2.45. The van der Waals surface area contributed by atoms with E-state index in [1.165, 1.54) is 6.07 Å². The fourth-order valence-corrected chi connectivity index (χ4v) is 2.55. The highest BCUT2D eigenvalue weighted by Gasteiger charge is 2.41. The number of nitro groups is 1. The van der Waals surface area contributed by atoms with Crippen LogP contribution < -0.4 is 5.32 Å². The molecule has 20 heavy (non-hydrogen) atoms. The van der Waals surface area contributed by atoms with Crippen molar-refractivity contribution in [1.29, 1.82) is 0 Å². The van der Waals surface area contributed by atoms with E-state index in [-0.39, 0.29) is 29.5 Å². The van der Waals surface area contributed by atoms with Crippen LogP contribution in [0.25, 0.3) is 0 Å². The first-order valence-corrected chi connectivity index (χ1v) is 6.57. The van der Waals surface area contributed by atoms with Crippen LogP contribution in [-0.2, 0) is 14.9 Å². The number of nitrogens with one attached hydrogen (secondary N) is 1. The van der Waals surface area contributed by atoms with Crippen LogP contribution in [0.2, 0.25) is 0 Å². The van der Waals surface area contributed by atoms with Gasteiger partial charge >= 0.3 is 5.97 Å². The van der Waals surface area contributed by atoms with Gasteiger partial charge in [-0.3, -0.25) is 14.9 Å². The number of benzene rings is 1. The smallest absolute Gasteiger partial charge is 0.307 e. The summed E-state index contributed by atoms with van der Waals surface area (Å²) in [6.45, 7) is 6.06. The van der Waals surface area contributed by atoms with E-state index in [0.717, 1.165) is 11.3 Å². The fourth-order valence-electron chi connectivity index (χ4n) is 2.55. The van der Waals surface area contributed by atoms with Crippen molar-refractivity contribution in [3.8, 4) is 0 Å². The summed E-state index contributed by atoms with van der Waals surface area (Å²) in [5.74, 6) is -0.264. The number of carbonyl (C=O) groups excluding carboxylic acids is 1. The standard InChI is InChI=1S/C14H18N2O4/c1-4-20-13(17)8-12-14(2,3)10-7-9(16(18)19)5-6-11(10)15-12/h5-7,12,15H,4,8H2,1-3H3. The number of nitrogens with zero attached hydrogens (tertiary/aromatic N) is 1. The monoisotopic (exact) mass is 278 g/mol. The normalized spacial score (nSPS) is 19.1. The number of non-ortho nitro benzene ring substituents is 1. The van der Waals surface area contributed by atoms with Crippen molar-refractivity contribution < 1.29 is 14.5 Å². The first kappa shape index (κ1) is 14.3. The molecule has 108 valence electrons. The predicted molar refractivity (Wildman–Crippen MR) is 74.8 cm³/mol. The molecule has 0 aromatic heterocycles. The molecule has 0 radical (unpaired) electrons. The van der Waals surface area contributed by atoms with Gasteiger partial charge in [0, 0.05) is 29.3 Å². The molecular formula is C14H18N2O4. The van der Waals surface area contributed by atoms with Crippen molar-refractivity contribution in [2.75, 3.05) is 11.9 Å². The Morgan fingerprint density at radius 2 is 2.20 bits per heavy atom. The number of fused-ring (bicyclic) bond motifs is 1. The van der Waals surface area contributed by atoms with E-state index in [0.29, 0.717) is 6.61 Å². The van der Waals surface area contributed by atoms with Gasteiger partial charge in [-0.15, -0.1) is 0 Å². The van der Waals surface area contributed by atoms with Crippen molar-refractivity contribution in [3.63, 3.8) is 0 Å². The zero-order chi connectivity index (χ0) is 14.9. The Morgan fingerprint density at radius 1 is 1.50 bits per heavy atom. The van der Waals surface area contributed by atoms with Crippen LogP contribution in [0, 0.1) is 10.1 Å². The van der Waals surface area contributed by atoms with Crippen LogP contribution in [0.1, 0.15) is 32.8 Å². The molecule has 1 aromatic carbocycles. The molecule has 1 aliphatic heterocycles. The maximum Gasteiger partial charge on any atom is 0.307 e. The van der Waals surface area contributed by atoms with Gasteiger partial charge < -0.3 is 10.1 Å². The third-order valence-corrected chi connectivity index (χ3v) is 3.79. The first-order valence-electron chi connectivity index (χ1n) is 6.57. The Morgan fingerprint density at radius 3 is 2.80 bits per heavy atom. The van der Waals surface area contributed by atoms with Gasteiger partial charge in [-0.2, -0.15) is 0 Å². The molecule has 1 N–H and O–H groups in total. The summed E-state index contributed by atoms with van der Waals surface area (Å²) in [5, 5.41) is 14.1. The second-order valence-corrected chi connectivity index (χ2v) is 5.41. The molecule has 1 aromatic rings. The molecule has 1 unspecified atom stereocenters. The van der Waals surface area contributed by atoms with Crippen LogP contribution >= 0.6 is 0 Å². The minimum atomic E-state index is -0.408. The second-order valence-electron chi connectivity index (χ2n) is 5.41. The fraction of sp³-hybridized carbons (Fsp3) is 0.500. The van der Waals surface area contributed by atoms with E-state index in [1.807, 2.05) is 13.8 Å². The Hall–Kier alpha value is -2.11. The second kappa shape index (κ2) is 5.11. The van der Waals surface area contributed by atoms with Crippen molar-refractivity contribution in [1.82, 2.24) is 0 Å². The van der Waals surface area contributed by atoms with E-state index in [2.05, 4.69) is 5.32 Å². The minimum Gasteiger partial charge on any atom is -0.466 e. The van der Waals surface area contributed by atoms with Gasteiger partial charge in [-0.05, 0) is 18.6 Å². The zero-order valence-electron chi connectivity index (χ0n) is 11.8. The summed E-state index contributed by atoms with van der Waals surface area (Å²) >= 11 is 0. The Bertz CT molecular complexity index is 554.